The first-order chi connectivity index (χ1) is 13.8. The summed E-state index contributed by atoms with van der Waals surface area (Å²) >= 11 is 0.835. The van der Waals surface area contributed by atoms with E-state index in [9.17, 15) is 23.2 Å². The van der Waals surface area contributed by atoms with Crippen LogP contribution in [-0.2, 0) is 9.47 Å². The highest BCUT2D eigenvalue weighted by atomic mass is 32.1. The first-order valence-corrected chi connectivity index (χ1v) is 9.44. The first kappa shape index (κ1) is 22.3. The Morgan fingerprint density at radius 3 is 2.31 bits per heavy atom. The molecular formula is C19H19F2NO6S. The van der Waals surface area contributed by atoms with Gasteiger partial charge in [0.25, 0.3) is 5.91 Å². The minimum absolute atomic E-state index is 0.000474. The molecule has 0 aliphatic carbocycles. The lowest BCUT2D eigenvalue weighted by atomic mass is 10.1. The number of hydrogen-bond acceptors (Lipinski definition) is 7. The van der Waals surface area contributed by atoms with Crippen LogP contribution in [0.25, 0.3) is 0 Å². The van der Waals surface area contributed by atoms with Crippen molar-refractivity contribution >= 4 is 34.2 Å². The third kappa shape index (κ3) is 5.29. The molecule has 29 heavy (non-hydrogen) atoms. The van der Waals surface area contributed by atoms with Crippen molar-refractivity contribution < 1.29 is 37.4 Å². The third-order valence-corrected chi connectivity index (χ3v) is 4.85. The fourth-order valence-electron chi connectivity index (χ4n) is 2.47. The van der Waals surface area contributed by atoms with Crippen LogP contribution < -0.4 is 10.1 Å². The van der Waals surface area contributed by atoms with E-state index < -0.39 is 24.5 Å². The maximum atomic E-state index is 12.7. The van der Waals surface area contributed by atoms with Gasteiger partial charge in [-0.15, -0.1) is 11.3 Å². The average molecular weight is 427 g/mol. The molecule has 2 aromatic rings. The largest absolute Gasteiger partial charge is 0.462 e. The molecule has 0 radical (unpaired) electrons. The second-order valence-electron chi connectivity index (χ2n) is 5.53. The molecule has 0 fully saturated rings. The van der Waals surface area contributed by atoms with E-state index >= 15 is 0 Å². The SMILES string of the molecule is CCOC(=O)c1sc(NC(=O)c2ccccc2OC(F)F)c(C(=O)OCC)c1C. The van der Waals surface area contributed by atoms with Crippen LogP contribution >= 0.6 is 11.3 Å². The molecule has 0 spiro atoms. The number of carbonyl (C=O) groups is 3. The number of thiophene rings is 1. The molecule has 0 aliphatic heterocycles. The van der Waals surface area contributed by atoms with Crippen LogP contribution in [0.15, 0.2) is 24.3 Å². The molecule has 0 unspecified atom stereocenters. The maximum absolute atomic E-state index is 12.7. The molecule has 1 aromatic heterocycles. The first-order valence-electron chi connectivity index (χ1n) is 8.62. The Bertz CT molecular complexity index is 912. The van der Waals surface area contributed by atoms with Crippen molar-refractivity contribution in [3.8, 4) is 5.75 Å². The van der Waals surface area contributed by atoms with E-state index in [0.29, 0.717) is 5.56 Å². The summed E-state index contributed by atoms with van der Waals surface area (Å²) in [5.74, 6) is -2.49. The van der Waals surface area contributed by atoms with Gasteiger partial charge < -0.3 is 19.5 Å². The van der Waals surface area contributed by atoms with Crippen LogP contribution in [0.4, 0.5) is 13.8 Å². The summed E-state index contributed by atoms with van der Waals surface area (Å²) in [6.45, 7) is 1.88. The Labute approximate surface area is 169 Å². The van der Waals surface area contributed by atoms with Crippen molar-refractivity contribution in [3.63, 3.8) is 0 Å². The Morgan fingerprint density at radius 2 is 1.69 bits per heavy atom. The fourth-order valence-corrected chi connectivity index (χ4v) is 3.55. The number of nitrogens with one attached hydrogen (secondary N) is 1. The number of amides is 1. The van der Waals surface area contributed by atoms with Crippen molar-refractivity contribution in [1.29, 1.82) is 0 Å². The molecular weight excluding hydrogens is 408 g/mol. The van der Waals surface area contributed by atoms with Crippen molar-refractivity contribution in [1.82, 2.24) is 0 Å². The number of anilines is 1. The number of alkyl halides is 2. The monoisotopic (exact) mass is 427 g/mol. The third-order valence-electron chi connectivity index (χ3n) is 3.66. The van der Waals surface area contributed by atoms with Crippen LogP contribution in [0, 0.1) is 6.92 Å². The summed E-state index contributed by atoms with van der Waals surface area (Å²) in [6, 6.07) is 5.43. The van der Waals surface area contributed by atoms with Crippen molar-refractivity contribution in [2.45, 2.75) is 27.4 Å². The Kier molecular flexibility index (Phi) is 7.66. The lowest BCUT2D eigenvalue weighted by Crippen LogP contribution is -2.16. The molecule has 1 heterocycles. The van der Waals surface area contributed by atoms with Gasteiger partial charge in [0.05, 0.1) is 24.3 Å². The average Bonchev–Trinajstić information content (AvgIpc) is 2.98. The predicted octanol–water partition coefficient (Wildman–Crippen LogP) is 4.26. The number of halogens is 2. The Morgan fingerprint density at radius 1 is 1.07 bits per heavy atom. The van der Waals surface area contributed by atoms with Gasteiger partial charge in [-0.2, -0.15) is 8.78 Å². The van der Waals surface area contributed by atoms with E-state index in [1.165, 1.54) is 31.2 Å². The van der Waals surface area contributed by atoms with Crippen LogP contribution in [0.1, 0.15) is 49.8 Å². The van der Waals surface area contributed by atoms with E-state index in [2.05, 4.69) is 10.1 Å². The summed E-state index contributed by atoms with van der Waals surface area (Å²) in [5, 5.41) is 2.53. The number of carbonyl (C=O) groups excluding carboxylic acids is 3. The van der Waals surface area contributed by atoms with E-state index in [4.69, 9.17) is 9.47 Å². The minimum atomic E-state index is -3.11. The van der Waals surface area contributed by atoms with E-state index in [1.54, 1.807) is 13.8 Å². The highest BCUT2D eigenvalue weighted by molar-refractivity contribution is 7.18. The van der Waals surface area contributed by atoms with E-state index in [0.717, 1.165) is 11.3 Å². The van der Waals surface area contributed by atoms with Gasteiger partial charge in [-0.25, -0.2) is 9.59 Å². The summed E-state index contributed by atoms with van der Waals surface area (Å²) < 4.78 is 39.5. The number of benzene rings is 1. The minimum Gasteiger partial charge on any atom is -0.462 e. The molecule has 1 amide bonds. The molecule has 0 bridgehead atoms. The molecule has 2 rings (SSSR count). The Balaban J connectivity index is 2.43. The molecule has 0 atom stereocenters. The zero-order chi connectivity index (χ0) is 21.6. The van der Waals surface area contributed by atoms with E-state index in [-0.39, 0.29) is 40.0 Å². The maximum Gasteiger partial charge on any atom is 0.387 e. The molecule has 1 aromatic carbocycles. The summed E-state index contributed by atoms with van der Waals surface area (Å²) in [4.78, 5) is 37.3. The zero-order valence-corrected chi connectivity index (χ0v) is 16.7. The number of rotatable bonds is 8. The van der Waals surface area contributed by atoms with E-state index in [1.807, 2.05) is 0 Å². The van der Waals surface area contributed by atoms with Gasteiger partial charge in [0, 0.05) is 0 Å². The van der Waals surface area contributed by atoms with Gasteiger partial charge in [0.2, 0.25) is 0 Å². The predicted molar refractivity (Wildman–Crippen MR) is 102 cm³/mol. The van der Waals surface area contributed by atoms with Crippen molar-refractivity contribution in [2.24, 2.45) is 0 Å². The van der Waals surface area contributed by atoms with Crippen LogP contribution in [0.3, 0.4) is 0 Å². The molecule has 156 valence electrons. The van der Waals surface area contributed by atoms with Crippen LogP contribution in [0.5, 0.6) is 5.75 Å². The van der Waals surface area contributed by atoms with Gasteiger partial charge in [-0.05, 0) is 38.5 Å². The van der Waals surface area contributed by atoms with Crippen molar-refractivity contribution in [2.75, 3.05) is 18.5 Å². The smallest absolute Gasteiger partial charge is 0.387 e. The second kappa shape index (κ2) is 9.97. The summed E-state index contributed by atoms with van der Waals surface area (Å²) in [6.07, 6.45) is 0. The fraction of sp³-hybridized carbons (Fsp3) is 0.316. The summed E-state index contributed by atoms with van der Waals surface area (Å²) in [5.41, 5.74) is 0.131. The standard InChI is InChI=1S/C19H19F2NO6S/c1-4-26-17(24)13-10(3)14(18(25)27-5-2)29-16(13)22-15(23)11-8-6-7-9-12(11)28-19(20)21/h6-9,19H,4-5H2,1-3H3,(H,22,23). The zero-order valence-electron chi connectivity index (χ0n) is 15.9. The van der Waals surface area contributed by atoms with Crippen molar-refractivity contribution in [3.05, 3.63) is 45.8 Å². The number of hydrogen-bond donors (Lipinski definition) is 1. The lowest BCUT2D eigenvalue weighted by Gasteiger charge is -2.11. The number of para-hydroxylation sites is 1. The molecule has 0 saturated carbocycles. The van der Waals surface area contributed by atoms with Gasteiger partial charge >= 0.3 is 18.6 Å². The molecule has 0 aliphatic rings. The quantitative estimate of drug-likeness (QED) is 0.633. The van der Waals surface area contributed by atoms with Gasteiger partial charge in [-0.3, -0.25) is 4.79 Å². The number of ether oxygens (including phenoxy) is 3. The molecule has 10 heteroatoms. The molecule has 7 nitrogen and oxygen atoms in total. The molecule has 1 N–H and O–H groups in total. The summed E-state index contributed by atoms with van der Waals surface area (Å²) in [7, 11) is 0. The van der Waals surface area contributed by atoms with Gasteiger partial charge in [-0.1, -0.05) is 12.1 Å². The highest BCUT2D eigenvalue weighted by Gasteiger charge is 2.28. The normalized spacial score (nSPS) is 10.6. The second-order valence-corrected chi connectivity index (χ2v) is 6.55. The van der Waals surface area contributed by atoms with Crippen LogP contribution in [0.2, 0.25) is 0 Å². The van der Waals surface area contributed by atoms with Gasteiger partial charge in [0.1, 0.15) is 15.6 Å². The highest BCUT2D eigenvalue weighted by Crippen LogP contribution is 2.35. The van der Waals surface area contributed by atoms with Gasteiger partial charge in [0.15, 0.2) is 0 Å². The Hall–Kier alpha value is -3.01. The van der Waals surface area contributed by atoms with Crippen LogP contribution in [-0.4, -0.2) is 37.7 Å². The number of esters is 2. The topological polar surface area (TPSA) is 90.9 Å². The lowest BCUT2D eigenvalue weighted by molar-refractivity contribution is -0.0501. The molecule has 0 saturated heterocycles.